The first-order chi connectivity index (χ1) is 10.4. The van der Waals surface area contributed by atoms with E-state index in [9.17, 15) is 4.79 Å². The van der Waals surface area contributed by atoms with Crippen LogP contribution in [0.3, 0.4) is 0 Å². The van der Waals surface area contributed by atoms with Gasteiger partial charge in [-0.2, -0.15) is 0 Å². The molecule has 1 heterocycles. The van der Waals surface area contributed by atoms with Crippen LogP contribution in [-0.2, 0) is 15.9 Å². The van der Waals surface area contributed by atoms with E-state index in [1.54, 1.807) is 4.90 Å². The van der Waals surface area contributed by atoms with Crippen molar-refractivity contribution in [3.8, 4) is 0 Å². The van der Waals surface area contributed by atoms with E-state index in [4.69, 9.17) is 21.1 Å². The summed E-state index contributed by atoms with van der Waals surface area (Å²) >= 11 is 5.72. The van der Waals surface area contributed by atoms with Crippen LogP contribution in [-0.4, -0.2) is 35.6 Å². The van der Waals surface area contributed by atoms with Crippen molar-refractivity contribution in [2.24, 2.45) is 0 Å². The SMILES string of the molecule is CC(C)(C)OC(=O)N1CCc2ccccc2C1OCCCCl. The van der Waals surface area contributed by atoms with Crippen LogP contribution < -0.4 is 0 Å². The largest absolute Gasteiger partial charge is 0.444 e. The van der Waals surface area contributed by atoms with E-state index in [0.717, 1.165) is 18.4 Å². The summed E-state index contributed by atoms with van der Waals surface area (Å²) in [6.45, 7) is 6.71. The van der Waals surface area contributed by atoms with Gasteiger partial charge in [-0.1, -0.05) is 24.3 Å². The summed E-state index contributed by atoms with van der Waals surface area (Å²) < 4.78 is 11.4. The van der Waals surface area contributed by atoms with Crippen LogP contribution >= 0.6 is 11.6 Å². The minimum absolute atomic E-state index is 0.335. The highest BCUT2D eigenvalue weighted by molar-refractivity contribution is 6.17. The second kappa shape index (κ2) is 7.34. The summed E-state index contributed by atoms with van der Waals surface area (Å²) in [5.74, 6) is 0.542. The van der Waals surface area contributed by atoms with Gasteiger partial charge in [-0.3, -0.25) is 4.90 Å². The average Bonchev–Trinajstić information content (AvgIpc) is 2.45. The predicted molar refractivity (Wildman–Crippen MR) is 87.1 cm³/mol. The highest BCUT2D eigenvalue weighted by Crippen LogP contribution is 2.32. The van der Waals surface area contributed by atoms with Gasteiger partial charge in [0.2, 0.25) is 0 Å². The molecule has 0 aliphatic carbocycles. The van der Waals surface area contributed by atoms with Gasteiger partial charge in [0, 0.05) is 18.0 Å². The smallest absolute Gasteiger partial charge is 0.412 e. The van der Waals surface area contributed by atoms with Crippen molar-refractivity contribution in [1.29, 1.82) is 0 Å². The molecule has 0 aromatic heterocycles. The number of carbonyl (C=O) groups excluding carboxylic acids is 1. The molecule has 1 amide bonds. The van der Waals surface area contributed by atoms with E-state index in [0.29, 0.717) is 19.0 Å². The van der Waals surface area contributed by atoms with Crippen molar-refractivity contribution in [2.75, 3.05) is 19.0 Å². The van der Waals surface area contributed by atoms with Crippen molar-refractivity contribution in [1.82, 2.24) is 4.90 Å². The Morgan fingerprint density at radius 2 is 2.09 bits per heavy atom. The fourth-order valence-corrected chi connectivity index (χ4v) is 2.57. The van der Waals surface area contributed by atoms with Crippen LogP contribution in [0, 0.1) is 0 Å². The maximum atomic E-state index is 12.5. The number of hydrogen-bond donors (Lipinski definition) is 0. The summed E-state index contributed by atoms with van der Waals surface area (Å²) in [4.78, 5) is 14.1. The molecule has 1 unspecified atom stereocenters. The van der Waals surface area contributed by atoms with E-state index < -0.39 is 11.8 Å². The first kappa shape index (κ1) is 17.1. The van der Waals surface area contributed by atoms with Crippen LogP contribution in [0.15, 0.2) is 24.3 Å². The van der Waals surface area contributed by atoms with Gasteiger partial charge >= 0.3 is 6.09 Å². The molecule has 22 heavy (non-hydrogen) atoms. The van der Waals surface area contributed by atoms with Crippen molar-refractivity contribution in [2.45, 2.75) is 45.4 Å². The Balaban J connectivity index is 2.19. The number of hydrogen-bond acceptors (Lipinski definition) is 3. The Hall–Kier alpha value is -1.26. The second-order valence-electron chi connectivity index (χ2n) is 6.39. The number of fused-ring (bicyclic) bond motifs is 1. The molecule has 0 fully saturated rings. The maximum Gasteiger partial charge on any atom is 0.412 e. The molecule has 0 spiro atoms. The standard InChI is InChI=1S/C17H24ClNO3/c1-17(2,3)22-16(20)19-11-9-13-7-4-5-8-14(13)15(19)21-12-6-10-18/h4-5,7-8,15H,6,9-12H2,1-3H3. The van der Waals surface area contributed by atoms with Crippen LogP contribution in [0.25, 0.3) is 0 Å². The number of rotatable bonds is 4. The molecule has 1 aliphatic rings. The topological polar surface area (TPSA) is 38.8 Å². The molecule has 1 aromatic rings. The third kappa shape index (κ3) is 4.37. The van der Waals surface area contributed by atoms with E-state index in [1.165, 1.54) is 5.56 Å². The van der Waals surface area contributed by atoms with Crippen molar-refractivity contribution < 1.29 is 14.3 Å². The Bertz CT molecular complexity index is 513. The molecule has 0 radical (unpaired) electrons. The lowest BCUT2D eigenvalue weighted by Crippen LogP contribution is -2.44. The molecule has 1 aliphatic heterocycles. The van der Waals surface area contributed by atoms with Gasteiger partial charge in [-0.15, -0.1) is 11.6 Å². The highest BCUT2D eigenvalue weighted by Gasteiger charge is 2.34. The summed E-state index contributed by atoms with van der Waals surface area (Å²) in [6.07, 6.45) is 0.827. The minimum Gasteiger partial charge on any atom is -0.444 e. The van der Waals surface area contributed by atoms with Crippen LogP contribution in [0.2, 0.25) is 0 Å². The number of ether oxygens (including phenoxy) is 2. The molecule has 5 heteroatoms. The molecule has 122 valence electrons. The molecular weight excluding hydrogens is 302 g/mol. The molecule has 0 N–H and O–H groups in total. The molecular formula is C17H24ClNO3. The maximum absolute atomic E-state index is 12.5. The van der Waals surface area contributed by atoms with Crippen molar-refractivity contribution in [3.05, 3.63) is 35.4 Å². The quantitative estimate of drug-likeness (QED) is 0.617. The zero-order valence-corrected chi connectivity index (χ0v) is 14.2. The Kier molecular flexibility index (Phi) is 5.70. The molecule has 4 nitrogen and oxygen atoms in total. The normalized spacial score (nSPS) is 18.0. The molecule has 1 aromatic carbocycles. The van der Waals surface area contributed by atoms with Crippen LogP contribution in [0.1, 0.15) is 44.5 Å². The van der Waals surface area contributed by atoms with Gasteiger partial charge in [-0.25, -0.2) is 4.79 Å². The Morgan fingerprint density at radius 1 is 1.36 bits per heavy atom. The number of nitrogens with zero attached hydrogens (tertiary/aromatic N) is 1. The third-order valence-corrected chi connectivity index (χ3v) is 3.68. The fraction of sp³-hybridized carbons (Fsp3) is 0.588. The minimum atomic E-state index is -0.519. The Labute approximate surface area is 137 Å². The lowest BCUT2D eigenvalue weighted by molar-refractivity contribution is -0.0743. The van der Waals surface area contributed by atoms with Crippen LogP contribution in [0.5, 0.6) is 0 Å². The molecule has 0 saturated carbocycles. The van der Waals surface area contributed by atoms with E-state index in [-0.39, 0.29) is 6.09 Å². The molecule has 0 saturated heterocycles. The predicted octanol–water partition coefficient (Wildman–Crippen LogP) is 4.12. The fourth-order valence-electron chi connectivity index (χ4n) is 2.47. The van der Waals surface area contributed by atoms with Gasteiger partial charge in [0.15, 0.2) is 6.23 Å². The number of alkyl halides is 1. The third-order valence-electron chi connectivity index (χ3n) is 3.41. The van der Waals surface area contributed by atoms with Crippen LogP contribution in [0.4, 0.5) is 4.79 Å². The molecule has 2 rings (SSSR count). The summed E-state index contributed by atoms with van der Waals surface area (Å²) in [5, 5.41) is 0. The van der Waals surface area contributed by atoms with E-state index in [1.807, 2.05) is 39.0 Å². The molecule has 1 atom stereocenters. The number of benzene rings is 1. The number of halogens is 1. The second-order valence-corrected chi connectivity index (χ2v) is 6.77. The first-order valence-corrected chi connectivity index (χ1v) is 8.21. The molecule has 0 bridgehead atoms. The summed E-state index contributed by atoms with van der Waals surface area (Å²) in [5.41, 5.74) is 1.74. The average molecular weight is 326 g/mol. The summed E-state index contributed by atoms with van der Waals surface area (Å²) in [6, 6.07) is 8.07. The lowest BCUT2D eigenvalue weighted by Gasteiger charge is -2.37. The van der Waals surface area contributed by atoms with Crippen molar-refractivity contribution in [3.63, 3.8) is 0 Å². The monoisotopic (exact) mass is 325 g/mol. The van der Waals surface area contributed by atoms with E-state index >= 15 is 0 Å². The van der Waals surface area contributed by atoms with Gasteiger partial charge in [-0.05, 0) is 39.2 Å². The summed E-state index contributed by atoms with van der Waals surface area (Å²) in [7, 11) is 0. The first-order valence-electron chi connectivity index (χ1n) is 7.67. The zero-order chi connectivity index (χ0) is 16.2. The number of amides is 1. The lowest BCUT2D eigenvalue weighted by atomic mass is 9.98. The van der Waals surface area contributed by atoms with E-state index in [2.05, 4.69) is 6.07 Å². The van der Waals surface area contributed by atoms with Crippen molar-refractivity contribution >= 4 is 17.7 Å². The van der Waals surface area contributed by atoms with Gasteiger partial charge in [0.05, 0.1) is 6.61 Å². The number of carbonyl (C=O) groups is 1. The van der Waals surface area contributed by atoms with Gasteiger partial charge in [0.1, 0.15) is 5.60 Å². The zero-order valence-electron chi connectivity index (χ0n) is 13.5. The Morgan fingerprint density at radius 3 is 2.77 bits per heavy atom. The van der Waals surface area contributed by atoms with Gasteiger partial charge in [0.25, 0.3) is 0 Å². The highest BCUT2D eigenvalue weighted by atomic mass is 35.5. The van der Waals surface area contributed by atoms with Gasteiger partial charge < -0.3 is 9.47 Å².